The highest BCUT2D eigenvalue weighted by Gasteiger charge is 2.23. The molecule has 3 aromatic heterocycles. The van der Waals surface area contributed by atoms with Crippen molar-refractivity contribution in [3.8, 4) is 17.1 Å². The van der Waals surface area contributed by atoms with Crippen LogP contribution in [0, 0.1) is 0 Å². The van der Waals surface area contributed by atoms with Crippen LogP contribution >= 0.6 is 11.6 Å². The summed E-state index contributed by atoms with van der Waals surface area (Å²) < 4.78 is 7.75. The van der Waals surface area contributed by atoms with Crippen molar-refractivity contribution in [2.45, 2.75) is 0 Å². The summed E-state index contributed by atoms with van der Waals surface area (Å²) in [6.45, 7) is 5.05. The minimum absolute atomic E-state index is 0.637. The fourth-order valence-corrected chi connectivity index (χ4v) is 4.48. The zero-order valence-corrected chi connectivity index (χ0v) is 19.8. The summed E-state index contributed by atoms with van der Waals surface area (Å²) in [7, 11) is 0. The van der Waals surface area contributed by atoms with Crippen molar-refractivity contribution in [3.05, 3.63) is 78.1 Å². The highest BCUT2D eigenvalue weighted by Crippen LogP contribution is 2.26. The first-order valence-electron chi connectivity index (χ1n) is 11.7. The normalized spacial score (nSPS) is 14.6. The molecule has 1 aliphatic heterocycles. The quantitative estimate of drug-likeness (QED) is 0.357. The smallest absolute Gasteiger partial charge is 0.229 e. The van der Waals surface area contributed by atoms with E-state index in [1.165, 1.54) is 0 Å². The molecule has 0 amide bonds. The molecule has 0 aliphatic carbocycles. The van der Waals surface area contributed by atoms with Gasteiger partial charge in [0.05, 0.1) is 5.52 Å². The van der Waals surface area contributed by atoms with E-state index in [1.807, 2.05) is 65.2 Å². The Balaban J connectivity index is 1.21. The van der Waals surface area contributed by atoms with Crippen LogP contribution in [0.2, 0.25) is 5.02 Å². The van der Waals surface area contributed by atoms with Gasteiger partial charge < -0.3 is 9.64 Å². The van der Waals surface area contributed by atoms with Crippen LogP contribution in [-0.2, 0) is 0 Å². The van der Waals surface area contributed by atoms with Crippen LogP contribution in [0.25, 0.3) is 27.9 Å². The van der Waals surface area contributed by atoms with Gasteiger partial charge in [0.2, 0.25) is 5.95 Å². The molecule has 0 radical (unpaired) electrons. The summed E-state index contributed by atoms with van der Waals surface area (Å²) >= 11 is 5.95. The van der Waals surface area contributed by atoms with Crippen molar-refractivity contribution in [1.29, 1.82) is 0 Å². The summed E-state index contributed by atoms with van der Waals surface area (Å²) in [5, 5.41) is 6.53. The van der Waals surface area contributed by atoms with Crippen LogP contribution in [0.15, 0.2) is 73.1 Å². The molecule has 6 rings (SSSR count). The van der Waals surface area contributed by atoms with Gasteiger partial charge in [-0.05, 0) is 48.5 Å². The molecule has 0 saturated carbocycles. The minimum Gasteiger partial charge on any atom is -0.492 e. The first-order valence-corrected chi connectivity index (χ1v) is 12.0. The third-order valence-corrected chi connectivity index (χ3v) is 6.48. The van der Waals surface area contributed by atoms with Gasteiger partial charge >= 0.3 is 0 Å². The molecule has 176 valence electrons. The van der Waals surface area contributed by atoms with Gasteiger partial charge in [-0.3, -0.25) is 9.88 Å². The number of ether oxygens (including phenoxy) is 1. The van der Waals surface area contributed by atoms with Gasteiger partial charge in [-0.2, -0.15) is 4.52 Å². The van der Waals surface area contributed by atoms with Gasteiger partial charge in [-0.25, -0.2) is 9.97 Å². The van der Waals surface area contributed by atoms with Gasteiger partial charge in [-0.15, -0.1) is 5.10 Å². The van der Waals surface area contributed by atoms with E-state index in [4.69, 9.17) is 31.4 Å². The number of benzene rings is 2. The van der Waals surface area contributed by atoms with Crippen LogP contribution in [0.1, 0.15) is 0 Å². The van der Waals surface area contributed by atoms with E-state index < -0.39 is 0 Å². The summed E-state index contributed by atoms with van der Waals surface area (Å²) in [4.78, 5) is 18.8. The van der Waals surface area contributed by atoms with E-state index in [1.54, 1.807) is 12.4 Å². The van der Waals surface area contributed by atoms with Crippen LogP contribution in [0.5, 0.6) is 5.75 Å². The van der Waals surface area contributed by atoms with E-state index in [0.29, 0.717) is 17.5 Å². The first kappa shape index (κ1) is 21.8. The SMILES string of the molecule is Clc1ccc(OCCN2CCN(c3nc4ccccc4c4nc(-c5cccnc5)nn34)CC2)cc1. The van der Waals surface area contributed by atoms with Crippen LogP contribution in [0.3, 0.4) is 0 Å². The number of hydrogen-bond acceptors (Lipinski definition) is 7. The maximum Gasteiger partial charge on any atom is 0.229 e. The fraction of sp³-hybridized carbons (Fsp3) is 0.231. The number of piperazine rings is 1. The highest BCUT2D eigenvalue weighted by atomic mass is 35.5. The van der Waals surface area contributed by atoms with Crippen LogP contribution < -0.4 is 9.64 Å². The number of hydrogen-bond donors (Lipinski definition) is 0. The van der Waals surface area contributed by atoms with Gasteiger partial charge in [0.15, 0.2) is 11.5 Å². The number of pyridine rings is 1. The molecule has 4 heterocycles. The van der Waals surface area contributed by atoms with Crippen molar-refractivity contribution < 1.29 is 4.74 Å². The molecule has 0 N–H and O–H groups in total. The number of para-hydroxylation sites is 1. The Morgan fingerprint density at radius 3 is 2.51 bits per heavy atom. The van der Waals surface area contributed by atoms with E-state index >= 15 is 0 Å². The summed E-state index contributed by atoms with van der Waals surface area (Å²) in [6.07, 6.45) is 3.54. The van der Waals surface area contributed by atoms with Crippen LogP contribution in [0.4, 0.5) is 5.95 Å². The maximum absolute atomic E-state index is 5.95. The molecule has 5 aromatic rings. The van der Waals surface area contributed by atoms with Crippen molar-refractivity contribution >= 4 is 34.1 Å². The van der Waals surface area contributed by atoms with Crippen molar-refractivity contribution in [2.75, 3.05) is 44.2 Å². The first-order chi connectivity index (χ1) is 17.2. The molecule has 1 aliphatic rings. The second-order valence-corrected chi connectivity index (χ2v) is 8.91. The van der Waals surface area contributed by atoms with Crippen molar-refractivity contribution in [3.63, 3.8) is 0 Å². The van der Waals surface area contributed by atoms with Crippen molar-refractivity contribution in [2.24, 2.45) is 0 Å². The zero-order valence-electron chi connectivity index (χ0n) is 19.1. The molecule has 0 unspecified atom stereocenters. The number of anilines is 1. The third kappa shape index (κ3) is 4.50. The Bertz CT molecular complexity index is 1450. The van der Waals surface area contributed by atoms with Gasteiger partial charge in [0.25, 0.3) is 0 Å². The molecular weight excluding hydrogens is 462 g/mol. The Morgan fingerprint density at radius 2 is 1.71 bits per heavy atom. The molecule has 9 heteroatoms. The second kappa shape index (κ2) is 9.48. The minimum atomic E-state index is 0.637. The number of aromatic nitrogens is 5. The average molecular weight is 486 g/mol. The topological polar surface area (TPSA) is 71.7 Å². The van der Waals surface area contributed by atoms with E-state index in [-0.39, 0.29) is 0 Å². The Hall–Kier alpha value is -3.75. The molecule has 1 saturated heterocycles. The van der Waals surface area contributed by atoms with E-state index in [2.05, 4.69) is 14.8 Å². The largest absolute Gasteiger partial charge is 0.492 e. The van der Waals surface area contributed by atoms with Crippen LogP contribution in [-0.4, -0.2) is 68.8 Å². The Morgan fingerprint density at radius 1 is 0.886 bits per heavy atom. The molecule has 0 atom stereocenters. The summed E-state index contributed by atoms with van der Waals surface area (Å²) in [5.41, 5.74) is 2.61. The third-order valence-electron chi connectivity index (χ3n) is 6.23. The Kier molecular flexibility index (Phi) is 5.89. The summed E-state index contributed by atoms with van der Waals surface area (Å²) in [6, 6.07) is 19.4. The second-order valence-electron chi connectivity index (χ2n) is 8.47. The molecule has 2 aromatic carbocycles. The zero-order chi connectivity index (χ0) is 23.6. The van der Waals surface area contributed by atoms with Gasteiger partial charge in [-0.1, -0.05) is 23.7 Å². The monoisotopic (exact) mass is 485 g/mol. The standard InChI is InChI=1S/C26H24ClN7O/c27-20-7-9-21(10-8-20)35-17-16-32-12-14-33(15-13-32)26-29-23-6-2-1-5-22(23)25-30-24(31-34(25)26)19-4-3-11-28-18-19/h1-11,18H,12-17H2. The Labute approximate surface area is 207 Å². The lowest BCUT2D eigenvalue weighted by Crippen LogP contribution is -2.48. The lowest BCUT2D eigenvalue weighted by atomic mass is 10.2. The van der Waals surface area contributed by atoms with Gasteiger partial charge in [0, 0.05) is 61.1 Å². The molecular formula is C26H24ClN7O. The molecule has 35 heavy (non-hydrogen) atoms. The predicted octanol–water partition coefficient (Wildman–Crippen LogP) is 4.19. The van der Waals surface area contributed by atoms with Gasteiger partial charge in [0.1, 0.15) is 12.4 Å². The van der Waals surface area contributed by atoms with E-state index in [0.717, 1.165) is 66.5 Å². The molecule has 0 spiro atoms. The summed E-state index contributed by atoms with van der Waals surface area (Å²) in [5.74, 6) is 2.31. The van der Waals surface area contributed by atoms with Crippen molar-refractivity contribution in [1.82, 2.24) is 29.5 Å². The average Bonchev–Trinajstić information content (AvgIpc) is 3.36. The fourth-order valence-electron chi connectivity index (χ4n) is 4.36. The molecule has 8 nitrogen and oxygen atoms in total. The van der Waals surface area contributed by atoms with E-state index in [9.17, 15) is 0 Å². The highest BCUT2D eigenvalue weighted by molar-refractivity contribution is 6.30. The number of fused-ring (bicyclic) bond motifs is 3. The predicted molar refractivity (Wildman–Crippen MR) is 137 cm³/mol. The lowest BCUT2D eigenvalue weighted by Gasteiger charge is -2.35. The number of nitrogens with zero attached hydrogens (tertiary/aromatic N) is 7. The lowest BCUT2D eigenvalue weighted by molar-refractivity contribution is 0.200. The number of halogens is 1. The number of rotatable bonds is 6. The molecule has 0 bridgehead atoms. The molecule has 1 fully saturated rings. The maximum atomic E-state index is 5.95.